The number of esters is 1. The SMILES string of the molecule is CCOC(=O)C1=C(c2ccccc2)N=c2s/c(=C\c3ccc(OCc4cccc(Cl)c4)cc3)c(=O)n2[C@H]1c1cccs1. The van der Waals surface area contributed by atoms with Gasteiger partial charge in [0.05, 0.1) is 22.4 Å². The van der Waals surface area contributed by atoms with Gasteiger partial charge in [0.15, 0.2) is 4.80 Å². The van der Waals surface area contributed by atoms with Crippen LogP contribution in [0.25, 0.3) is 11.8 Å². The van der Waals surface area contributed by atoms with E-state index in [0.29, 0.717) is 38.0 Å². The van der Waals surface area contributed by atoms with E-state index < -0.39 is 12.0 Å². The van der Waals surface area contributed by atoms with Crippen LogP contribution in [-0.2, 0) is 16.1 Å². The summed E-state index contributed by atoms with van der Waals surface area (Å²) < 4.78 is 13.5. The minimum Gasteiger partial charge on any atom is -0.489 e. The summed E-state index contributed by atoms with van der Waals surface area (Å²) in [5.74, 6) is 0.221. The van der Waals surface area contributed by atoms with Crippen LogP contribution in [0, 0.1) is 0 Å². The van der Waals surface area contributed by atoms with E-state index in [0.717, 1.165) is 21.6 Å². The lowest BCUT2D eigenvalue weighted by Crippen LogP contribution is -2.39. The highest BCUT2D eigenvalue weighted by Gasteiger charge is 2.35. The zero-order chi connectivity index (χ0) is 29.1. The Kier molecular flexibility index (Phi) is 8.19. The molecule has 0 unspecified atom stereocenters. The third-order valence-corrected chi connectivity index (χ3v) is 8.80. The van der Waals surface area contributed by atoms with Gasteiger partial charge in [-0.05, 0) is 59.8 Å². The second-order valence-electron chi connectivity index (χ2n) is 9.43. The Morgan fingerprint density at radius 3 is 2.55 bits per heavy atom. The van der Waals surface area contributed by atoms with Gasteiger partial charge in [0.25, 0.3) is 5.56 Å². The number of carbonyl (C=O) groups excluding carboxylic acids is 1. The molecule has 9 heteroatoms. The Bertz CT molecular complexity index is 1940. The number of benzene rings is 3. The number of hydrogen-bond acceptors (Lipinski definition) is 7. The van der Waals surface area contributed by atoms with Crippen molar-refractivity contribution in [1.29, 1.82) is 0 Å². The molecule has 6 nitrogen and oxygen atoms in total. The smallest absolute Gasteiger partial charge is 0.338 e. The first-order chi connectivity index (χ1) is 20.5. The second kappa shape index (κ2) is 12.3. The zero-order valence-electron chi connectivity index (χ0n) is 22.5. The summed E-state index contributed by atoms with van der Waals surface area (Å²) in [7, 11) is 0. The van der Waals surface area contributed by atoms with Gasteiger partial charge in [0.1, 0.15) is 18.4 Å². The molecule has 5 aromatic rings. The number of halogens is 1. The molecule has 0 amide bonds. The highest BCUT2D eigenvalue weighted by molar-refractivity contribution is 7.10. The Morgan fingerprint density at radius 1 is 1.02 bits per heavy atom. The molecule has 0 N–H and O–H groups in total. The van der Waals surface area contributed by atoms with Crippen LogP contribution < -0.4 is 19.6 Å². The van der Waals surface area contributed by atoms with E-state index in [1.54, 1.807) is 11.5 Å². The molecule has 0 radical (unpaired) electrons. The van der Waals surface area contributed by atoms with Crippen molar-refractivity contribution < 1.29 is 14.3 Å². The van der Waals surface area contributed by atoms with Crippen molar-refractivity contribution in [3.63, 3.8) is 0 Å². The Hall–Kier alpha value is -4.24. The minimum atomic E-state index is -0.653. The van der Waals surface area contributed by atoms with Crippen LogP contribution in [0.5, 0.6) is 5.75 Å². The maximum absolute atomic E-state index is 13.9. The van der Waals surface area contributed by atoms with Gasteiger partial charge in [-0.3, -0.25) is 9.36 Å². The van der Waals surface area contributed by atoms with Gasteiger partial charge in [0.2, 0.25) is 0 Å². The summed E-state index contributed by atoms with van der Waals surface area (Å²) in [4.78, 5) is 33.6. The fourth-order valence-corrected chi connectivity index (χ4v) is 6.80. The van der Waals surface area contributed by atoms with Crippen molar-refractivity contribution >= 4 is 52.0 Å². The standard InChI is InChI=1S/C33H25ClN2O4S2/c1-2-39-32(38)28-29(23-9-4-3-5-10-23)35-33-36(30(28)26-12-7-17-41-26)31(37)27(42-33)19-21-13-15-25(16-14-21)40-20-22-8-6-11-24(34)18-22/h3-19,30H,2,20H2,1H3/b27-19-/t30-/m0/s1. The topological polar surface area (TPSA) is 69.9 Å². The van der Waals surface area contributed by atoms with Crippen LogP contribution in [0.15, 0.2) is 112 Å². The van der Waals surface area contributed by atoms with Gasteiger partial charge in [-0.1, -0.05) is 83.6 Å². The molecule has 1 atom stereocenters. The van der Waals surface area contributed by atoms with E-state index in [1.165, 1.54) is 22.7 Å². The normalized spacial score (nSPS) is 14.8. The lowest BCUT2D eigenvalue weighted by Gasteiger charge is -2.24. The second-order valence-corrected chi connectivity index (χ2v) is 11.9. The molecule has 6 rings (SSSR count). The predicted molar refractivity (Wildman–Crippen MR) is 168 cm³/mol. The molecular formula is C33H25ClN2O4S2. The number of thiophene rings is 1. The van der Waals surface area contributed by atoms with Gasteiger partial charge >= 0.3 is 5.97 Å². The molecule has 1 aliphatic rings. The summed E-state index contributed by atoms with van der Waals surface area (Å²) in [5, 5.41) is 2.60. The number of hydrogen-bond donors (Lipinski definition) is 0. The highest BCUT2D eigenvalue weighted by Crippen LogP contribution is 2.36. The first-order valence-corrected chi connectivity index (χ1v) is 15.4. The number of aromatic nitrogens is 1. The number of carbonyl (C=O) groups is 1. The Morgan fingerprint density at radius 2 is 1.83 bits per heavy atom. The van der Waals surface area contributed by atoms with E-state index in [-0.39, 0.29) is 12.2 Å². The van der Waals surface area contributed by atoms with Crippen molar-refractivity contribution in [2.24, 2.45) is 4.99 Å². The Labute approximate surface area is 255 Å². The van der Waals surface area contributed by atoms with Gasteiger partial charge in [-0.15, -0.1) is 11.3 Å². The average molecular weight is 613 g/mol. The lowest BCUT2D eigenvalue weighted by atomic mass is 9.97. The van der Waals surface area contributed by atoms with Crippen molar-refractivity contribution in [2.45, 2.75) is 19.6 Å². The van der Waals surface area contributed by atoms with Crippen LogP contribution in [0.2, 0.25) is 5.02 Å². The molecule has 0 bridgehead atoms. The predicted octanol–water partition coefficient (Wildman–Crippen LogP) is 6.23. The molecule has 2 aromatic heterocycles. The van der Waals surface area contributed by atoms with E-state index in [1.807, 2.05) is 102 Å². The maximum atomic E-state index is 13.9. The molecule has 0 spiro atoms. The zero-order valence-corrected chi connectivity index (χ0v) is 24.9. The van der Waals surface area contributed by atoms with Crippen molar-refractivity contribution in [3.8, 4) is 5.75 Å². The summed E-state index contributed by atoms with van der Waals surface area (Å²) in [5.41, 5.74) is 3.26. The van der Waals surface area contributed by atoms with Gasteiger partial charge in [-0.2, -0.15) is 0 Å². The van der Waals surface area contributed by atoms with E-state index in [2.05, 4.69) is 0 Å². The first-order valence-electron chi connectivity index (χ1n) is 13.3. The number of ether oxygens (including phenoxy) is 2. The molecule has 3 heterocycles. The Balaban J connectivity index is 1.40. The van der Waals surface area contributed by atoms with Crippen LogP contribution in [-0.4, -0.2) is 17.1 Å². The van der Waals surface area contributed by atoms with Crippen molar-refractivity contribution in [2.75, 3.05) is 6.61 Å². The first kappa shape index (κ1) is 27.9. The summed E-state index contributed by atoms with van der Waals surface area (Å²) in [6.45, 7) is 2.38. The van der Waals surface area contributed by atoms with Crippen molar-refractivity contribution in [1.82, 2.24) is 4.57 Å². The molecule has 210 valence electrons. The third-order valence-electron chi connectivity index (χ3n) is 6.66. The number of fused-ring (bicyclic) bond motifs is 1. The largest absolute Gasteiger partial charge is 0.489 e. The van der Waals surface area contributed by atoms with E-state index in [4.69, 9.17) is 26.1 Å². The minimum absolute atomic E-state index is 0.213. The van der Waals surface area contributed by atoms with Gasteiger partial charge in [-0.25, -0.2) is 9.79 Å². The van der Waals surface area contributed by atoms with Crippen molar-refractivity contribution in [3.05, 3.63) is 148 Å². The summed E-state index contributed by atoms with van der Waals surface area (Å²) in [6, 6.07) is 27.8. The molecule has 42 heavy (non-hydrogen) atoms. The summed E-state index contributed by atoms with van der Waals surface area (Å²) >= 11 is 8.86. The molecular weight excluding hydrogens is 588 g/mol. The molecule has 0 saturated carbocycles. The number of rotatable bonds is 8. The van der Waals surface area contributed by atoms with Gasteiger partial charge < -0.3 is 9.47 Å². The number of thiazole rings is 1. The molecule has 0 aliphatic carbocycles. The van der Waals surface area contributed by atoms with Crippen LogP contribution in [0.1, 0.15) is 34.5 Å². The quantitative estimate of drug-likeness (QED) is 0.195. The molecule has 0 saturated heterocycles. The average Bonchev–Trinajstić information content (AvgIpc) is 3.65. The monoisotopic (exact) mass is 612 g/mol. The molecule has 3 aromatic carbocycles. The van der Waals surface area contributed by atoms with Crippen LogP contribution in [0.3, 0.4) is 0 Å². The van der Waals surface area contributed by atoms with Gasteiger partial charge in [0, 0.05) is 15.5 Å². The fourth-order valence-electron chi connectivity index (χ4n) is 4.76. The van der Waals surface area contributed by atoms with Crippen LogP contribution in [0.4, 0.5) is 0 Å². The third kappa shape index (κ3) is 5.74. The molecule has 0 fully saturated rings. The van der Waals surface area contributed by atoms with E-state index in [9.17, 15) is 9.59 Å². The molecule has 1 aliphatic heterocycles. The number of nitrogens with zero attached hydrogens (tertiary/aromatic N) is 2. The van der Waals surface area contributed by atoms with Crippen LogP contribution >= 0.6 is 34.3 Å². The maximum Gasteiger partial charge on any atom is 0.338 e. The lowest BCUT2D eigenvalue weighted by molar-refractivity contribution is -0.138. The summed E-state index contributed by atoms with van der Waals surface area (Å²) in [6.07, 6.45) is 1.84. The fraction of sp³-hybridized carbons (Fsp3) is 0.121. The highest BCUT2D eigenvalue weighted by atomic mass is 35.5. The van der Waals surface area contributed by atoms with E-state index >= 15 is 0 Å².